The number of hydrogen-bond acceptors (Lipinski definition) is 3. The summed E-state index contributed by atoms with van der Waals surface area (Å²) >= 11 is 0. The Bertz CT molecular complexity index is 230. The minimum absolute atomic E-state index is 0.0878. The Balaban J connectivity index is 4.82. The van der Waals surface area contributed by atoms with Gasteiger partial charge in [0, 0.05) is 13.2 Å². The third kappa shape index (κ3) is 3.76. The van der Waals surface area contributed by atoms with Crippen LogP contribution in [-0.4, -0.2) is 48.3 Å². The maximum atomic E-state index is 11.4. The van der Waals surface area contributed by atoms with Crippen molar-refractivity contribution in [1.82, 2.24) is 4.90 Å². The number of carbonyl (C=O) groups is 1. The number of ether oxygens (including phenoxy) is 1. The van der Waals surface area contributed by atoms with Crippen molar-refractivity contribution in [3.05, 3.63) is 0 Å². The van der Waals surface area contributed by atoms with Gasteiger partial charge in [0.1, 0.15) is 5.54 Å². The second-order valence-electron chi connectivity index (χ2n) is 5.09. The van der Waals surface area contributed by atoms with Gasteiger partial charge in [-0.05, 0) is 33.2 Å². The van der Waals surface area contributed by atoms with Gasteiger partial charge in [0.25, 0.3) is 0 Å². The molecule has 0 rings (SSSR count). The lowest BCUT2D eigenvalue weighted by Crippen LogP contribution is -2.55. The van der Waals surface area contributed by atoms with Crippen molar-refractivity contribution in [2.75, 3.05) is 20.8 Å². The Labute approximate surface area is 98.6 Å². The molecule has 0 spiro atoms. The van der Waals surface area contributed by atoms with E-state index in [0.29, 0.717) is 18.9 Å². The number of carboxylic acids is 1. The van der Waals surface area contributed by atoms with Crippen molar-refractivity contribution in [2.24, 2.45) is 5.92 Å². The first kappa shape index (κ1) is 15.4. The van der Waals surface area contributed by atoms with Crippen molar-refractivity contribution in [3.63, 3.8) is 0 Å². The van der Waals surface area contributed by atoms with Crippen LogP contribution in [0, 0.1) is 5.92 Å². The third-order valence-corrected chi connectivity index (χ3v) is 3.11. The number of hydrogen-bond donors (Lipinski definition) is 1. The molecule has 0 heterocycles. The van der Waals surface area contributed by atoms with Crippen molar-refractivity contribution < 1.29 is 14.6 Å². The highest BCUT2D eigenvalue weighted by atomic mass is 16.5. The van der Waals surface area contributed by atoms with E-state index in [9.17, 15) is 9.90 Å². The molecule has 4 heteroatoms. The number of likely N-dealkylation sites (N-methyl/N-ethyl adjacent to an activating group) is 1. The van der Waals surface area contributed by atoms with Gasteiger partial charge in [0.15, 0.2) is 0 Å². The average molecular weight is 231 g/mol. The van der Waals surface area contributed by atoms with Crippen LogP contribution >= 0.6 is 0 Å². The highest BCUT2D eigenvalue weighted by Gasteiger charge is 2.39. The molecule has 0 aliphatic rings. The standard InChI is InChI=1S/C12H25NO3/c1-9(2)7-12(4,11(14)15)13(5)10(3)8-16-6/h9-10H,7-8H2,1-6H3,(H,14,15). The second kappa shape index (κ2) is 6.21. The smallest absolute Gasteiger partial charge is 0.323 e. The highest BCUT2D eigenvalue weighted by Crippen LogP contribution is 2.25. The summed E-state index contributed by atoms with van der Waals surface area (Å²) in [6, 6.07) is 0.0878. The van der Waals surface area contributed by atoms with E-state index >= 15 is 0 Å². The molecule has 0 aliphatic carbocycles. The number of carboxylic acid groups (broad SMARTS) is 1. The molecule has 16 heavy (non-hydrogen) atoms. The number of nitrogens with zero attached hydrogens (tertiary/aromatic N) is 1. The molecular formula is C12H25NO3. The number of methoxy groups -OCH3 is 1. The lowest BCUT2D eigenvalue weighted by atomic mass is 9.88. The van der Waals surface area contributed by atoms with E-state index in [-0.39, 0.29) is 6.04 Å². The fourth-order valence-corrected chi connectivity index (χ4v) is 2.02. The van der Waals surface area contributed by atoms with Gasteiger partial charge in [0.05, 0.1) is 6.61 Å². The van der Waals surface area contributed by atoms with E-state index in [1.165, 1.54) is 0 Å². The molecule has 0 amide bonds. The Morgan fingerprint density at radius 3 is 2.25 bits per heavy atom. The predicted octanol–water partition coefficient (Wildman–Crippen LogP) is 1.84. The molecule has 0 aromatic carbocycles. The van der Waals surface area contributed by atoms with E-state index in [4.69, 9.17) is 4.74 Å². The summed E-state index contributed by atoms with van der Waals surface area (Å²) in [4.78, 5) is 13.3. The molecule has 0 saturated heterocycles. The molecule has 0 bridgehead atoms. The van der Waals surface area contributed by atoms with Crippen LogP contribution in [0.3, 0.4) is 0 Å². The third-order valence-electron chi connectivity index (χ3n) is 3.11. The minimum atomic E-state index is -0.827. The summed E-state index contributed by atoms with van der Waals surface area (Å²) in [7, 11) is 3.48. The summed E-state index contributed by atoms with van der Waals surface area (Å²) in [5.74, 6) is -0.426. The quantitative estimate of drug-likeness (QED) is 0.726. The largest absolute Gasteiger partial charge is 0.480 e. The van der Waals surface area contributed by atoms with Crippen LogP contribution in [0.15, 0.2) is 0 Å². The van der Waals surface area contributed by atoms with E-state index < -0.39 is 11.5 Å². The first-order valence-electron chi connectivity index (χ1n) is 5.71. The normalized spacial score (nSPS) is 17.5. The van der Waals surface area contributed by atoms with Gasteiger partial charge in [-0.1, -0.05) is 13.8 Å². The monoisotopic (exact) mass is 231 g/mol. The zero-order valence-electron chi connectivity index (χ0n) is 11.3. The van der Waals surface area contributed by atoms with E-state index in [1.54, 1.807) is 14.0 Å². The zero-order valence-corrected chi connectivity index (χ0v) is 11.3. The Hall–Kier alpha value is -0.610. The fourth-order valence-electron chi connectivity index (χ4n) is 2.02. The van der Waals surface area contributed by atoms with E-state index in [0.717, 1.165) is 0 Å². The maximum absolute atomic E-state index is 11.4. The molecule has 1 N–H and O–H groups in total. The lowest BCUT2D eigenvalue weighted by molar-refractivity contribution is -0.153. The molecular weight excluding hydrogens is 206 g/mol. The molecule has 96 valence electrons. The highest BCUT2D eigenvalue weighted by molar-refractivity contribution is 5.78. The molecule has 4 nitrogen and oxygen atoms in total. The van der Waals surface area contributed by atoms with Crippen molar-refractivity contribution in [2.45, 2.75) is 45.7 Å². The van der Waals surface area contributed by atoms with Crippen molar-refractivity contribution in [3.8, 4) is 0 Å². The van der Waals surface area contributed by atoms with Crippen LogP contribution in [0.5, 0.6) is 0 Å². The molecule has 0 aliphatic heterocycles. The van der Waals surface area contributed by atoms with Crippen LogP contribution in [0.1, 0.15) is 34.1 Å². The maximum Gasteiger partial charge on any atom is 0.323 e. The van der Waals surface area contributed by atoms with Gasteiger partial charge >= 0.3 is 5.97 Å². The van der Waals surface area contributed by atoms with Crippen LogP contribution in [0.4, 0.5) is 0 Å². The average Bonchev–Trinajstić information content (AvgIpc) is 2.15. The molecule has 2 atom stereocenters. The van der Waals surface area contributed by atoms with Gasteiger partial charge in [-0.15, -0.1) is 0 Å². The van der Waals surface area contributed by atoms with Crippen molar-refractivity contribution in [1.29, 1.82) is 0 Å². The molecule has 0 aromatic rings. The van der Waals surface area contributed by atoms with Crippen LogP contribution < -0.4 is 0 Å². The SMILES string of the molecule is COCC(C)N(C)C(C)(CC(C)C)C(=O)O. The second-order valence-corrected chi connectivity index (χ2v) is 5.09. The topological polar surface area (TPSA) is 49.8 Å². The zero-order chi connectivity index (χ0) is 12.9. The Kier molecular flexibility index (Phi) is 5.97. The Morgan fingerprint density at radius 1 is 1.44 bits per heavy atom. The van der Waals surface area contributed by atoms with Crippen molar-refractivity contribution >= 4 is 5.97 Å². The van der Waals surface area contributed by atoms with E-state index in [2.05, 4.69) is 0 Å². The predicted molar refractivity (Wildman–Crippen MR) is 64.6 cm³/mol. The van der Waals surface area contributed by atoms with Crippen LogP contribution in [0.2, 0.25) is 0 Å². The first-order chi connectivity index (χ1) is 7.25. The minimum Gasteiger partial charge on any atom is -0.480 e. The molecule has 0 aromatic heterocycles. The molecule has 0 fully saturated rings. The summed E-state index contributed by atoms with van der Waals surface area (Å²) < 4.78 is 5.07. The van der Waals surface area contributed by atoms with Crippen LogP contribution in [-0.2, 0) is 9.53 Å². The lowest BCUT2D eigenvalue weighted by Gasteiger charge is -2.40. The molecule has 0 saturated carbocycles. The summed E-state index contributed by atoms with van der Waals surface area (Å²) in [5.41, 5.74) is -0.827. The van der Waals surface area contributed by atoms with Crippen LogP contribution in [0.25, 0.3) is 0 Å². The summed E-state index contributed by atoms with van der Waals surface area (Å²) in [6.45, 7) is 8.37. The van der Waals surface area contributed by atoms with Gasteiger partial charge in [-0.3, -0.25) is 9.69 Å². The number of aliphatic carboxylic acids is 1. The fraction of sp³-hybridized carbons (Fsp3) is 0.917. The number of rotatable bonds is 7. The van der Waals surface area contributed by atoms with Gasteiger partial charge in [-0.25, -0.2) is 0 Å². The summed E-state index contributed by atoms with van der Waals surface area (Å²) in [6.07, 6.45) is 0.632. The van der Waals surface area contributed by atoms with Gasteiger partial charge in [-0.2, -0.15) is 0 Å². The molecule has 0 radical (unpaired) electrons. The molecule has 2 unspecified atom stereocenters. The van der Waals surface area contributed by atoms with Gasteiger partial charge < -0.3 is 9.84 Å². The van der Waals surface area contributed by atoms with Gasteiger partial charge in [0.2, 0.25) is 0 Å². The van der Waals surface area contributed by atoms with E-state index in [1.807, 2.05) is 32.7 Å². The Morgan fingerprint density at radius 2 is 1.94 bits per heavy atom. The first-order valence-corrected chi connectivity index (χ1v) is 5.71. The summed E-state index contributed by atoms with van der Waals surface area (Å²) in [5, 5.41) is 9.39.